The number of aromatic nitrogens is 1. The first-order chi connectivity index (χ1) is 12.8. The molecule has 0 spiro atoms. The van der Waals surface area contributed by atoms with E-state index in [4.69, 9.17) is 0 Å². The average Bonchev–Trinajstić information content (AvgIpc) is 2.65. The Kier molecular flexibility index (Phi) is 4.95. The number of benzene rings is 2. The molecule has 0 aliphatic heterocycles. The molecule has 5 nitrogen and oxygen atoms in total. The number of nitrogens with one attached hydrogen (secondary N) is 2. The number of carbonyl (C=O) groups excluding carboxylic acids is 2. The van der Waals surface area contributed by atoms with Gasteiger partial charge in [-0.2, -0.15) is 0 Å². The Morgan fingerprint density at radius 3 is 2.30 bits per heavy atom. The fourth-order valence-corrected chi connectivity index (χ4v) is 2.74. The zero-order valence-corrected chi connectivity index (χ0v) is 16.0. The van der Waals surface area contributed by atoms with Crippen LogP contribution in [0.1, 0.15) is 25.0 Å². The molecule has 0 unspecified atom stereocenters. The lowest BCUT2D eigenvalue weighted by Crippen LogP contribution is -2.41. The summed E-state index contributed by atoms with van der Waals surface area (Å²) in [6, 6.07) is 15.2. The normalized spacial score (nSPS) is 11.3. The Hall–Kier alpha value is -3.21. The number of pyridine rings is 1. The van der Waals surface area contributed by atoms with Crippen LogP contribution in [0.2, 0.25) is 0 Å². The zero-order valence-electron chi connectivity index (χ0n) is 16.0. The second kappa shape index (κ2) is 7.19. The second-order valence-corrected chi connectivity index (χ2v) is 7.23. The van der Waals surface area contributed by atoms with Gasteiger partial charge in [0.15, 0.2) is 0 Å². The van der Waals surface area contributed by atoms with Crippen LogP contribution in [0.5, 0.6) is 0 Å². The molecule has 5 heteroatoms. The van der Waals surface area contributed by atoms with Crippen LogP contribution >= 0.6 is 0 Å². The number of nitrogens with zero attached hydrogens (tertiary/aromatic N) is 1. The lowest BCUT2D eigenvalue weighted by Gasteiger charge is -2.23. The number of carbonyl (C=O) groups is 2. The minimum absolute atomic E-state index is 0.359. The second-order valence-electron chi connectivity index (χ2n) is 7.23. The number of fused-ring (bicyclic) bond motifs is 1. The van der Waals surface area contributed by atoms with Crippen LogP contribution in [0.4, 0.5) is 11.4 Å². The number of hydrogen-bond donors (Lipinski definition) is 2. The fraction of sp³-hybridized carbons (Fsp3) is 0.227. The molecule has 1 heterocycles. The van der Waals surface area contributed by atoms with Crippen LogP contribution in [0.25, 0.3) is 10.9 Å². The van der Waals surface area contributed by atoms with Crippen molar-refractivity contribution in [3.05, 3.63) is 65.9 Å². The number of rotatable bonds is 4. The van der Waals surface area contributed by atoms with Crippen molar-refractivity contribution in [3.63, 3.8) is 0 Å². The lowest BCUT2D eigenvalue weighted by atomic mass is 9.90. The smallest absolute Gasteiger partial charge is 0.239 e. The molecular formula is C22H23N3O2. The highest BCUT2D eigenvalue weighted by Gasteiger charge is 2.36. The van der Waals surface area contributed by atoms with Gasteiger partial charge in [0.2, 0.25) is 11.8 Å². The monoisotopic (exact) mass is 361 g/mol. The number of para-hydroxylation sites is 1. The molecule has 0 bridgehead atoms. The first kappa shape index (κ1) is 18.6. The molecule has 2 N–H and O–H groups in total. The SMILES string of the molecule is Cc1ccc(C)c(NC(=O)C(C)(C)C(=O)Nc2cccc3cccnc23)c1. The highest BCUT2D eigenvalue weighted by Crippen LogP contribution is 2.26. The molecule has 0 fully saturated rings. The largest absolute Gasteiger partial charge is 0.325 e. The van der Waals surface area contributed by atoms with Gasteiger partial charge in [0.05, 0.1) is 11.2 Å². The molecule has 0 saturated heterocycles. The molecule has 0 radical (unpaired) electrons. The maximum Gasteiger partial charge on any atom is 0.239 e. The summed E-state index contributed by atoms with van der Waals surface area (Å²) in [6.07, 6.45) is 1.68. The van der Waals surface area contributed by atoms with Crippen molar-refractivity contribution in [3.8, 4) is 0 Å². The number of aryl methyl sites for hydroxylation is 2. The van der Waals surface area contributed by atoms with Gasteiger partial charge in [0.1, 0.15) is 5.41 Å². The predicted molar refractivity (Wildman–Crippen MR) is 109 cm³/mol. The summed E-state index contributed by atoms with van der Waals surface area (Å²) in [5.74, 6) is -0.745. The van der Waals surface area contributed by atoms with Crippen LogP contribution in [0.3, 0.4) is 0 Å². The van der Waals surface area contributed by atoms with Gasteiger partial charge in [-0.1, -0.05) is 30.3 Å². The summed E-state index contributed by atoms with van der Waals surface area (Å²) in [7, 11) is 0. The highest BCUT2D eigenvalue weighted by atomic mass is 16.2. The Labute approximate surface area is 158 Å². The van der Waals surface area contributed by atoms with Crippen molar-refractivity contribution < 1.29 is 9.59 Å². The van der Waals surface area contributed by atoms with E-state index in [0.717, 1.165) is 16.5 Å². The van der Waals surface area contributed by atoms with Crippen LogP contribution in [-0.2, 0) is 9.59 Å². The third-order valence-electron chi connectivity index (χ3n) is 4.66. The molecule has 3 aromatic rings. The third-order valence-corrected chi connectivity index (χ3v) is 4.66. The number of hydrogen-bond acceptors (Lipinski definition) is 3. The minimum Gasteiger partial charge on any atom is -0.325 e. The summed E-state index contributed by atoms with van der Waals surface area (Å²) < 4.78 is 0. The van der Waals surface area contributed by atoms with Gasteiger partial charge in [-0.15, -0.1) is 0 Å². The highest BCUT2D eigenvalue weighted by molar-refractivity contribution is 6.15. The van der Waals surface area contributed by atoms with Gasteiger partial charge in [-0.3, -0.25) is 14.6 Å². The van der Waals surface area contributed by atoms with E-state index in [1.807, 2.05) is 56.3 Å². The van der Waals surface area contributed by atoms with E-state index < -0.39 is 5.41 Å². The predicted octanol–water partition coefficient (Wildman–Crippen LogP) is 4.46. The quantitative estimate of drug-likeness (QED) is 0.674. The van der Waals surface area contributed by atoms with Gasteiger partial charge < -0.3 is 10.6 Å². The van der Waals surface area contributed by atoms with E-state index in [9.17, 15) is 9.59 Å². The molecule has 0 atom stereocenters. The number of anilines is 2. The van der Waals surface area contributed by atoms with E-state index in [2.05, 4.69) is 15.6 Å². The van der Waals surface area contributed by atoms with Gasteiger partial charge in [-0.05, 0) is 57.0 Å². The van der Waals surface area contributed by atoms with Gasteiger partial charge in [0, 0.05) is 17.3 Å². The zero-order chi connectivity index (χ0) is 19.6. The topological polar surface area (TPSA) is 71.1 Å². The van der Waals surface area contributed by atoms with Crippen LogP contribution in [0, 0.1) is 19.3 Å². The summed E-state index contributed by atoms with van der Waals surface area (Å²) in [6.45, 7) is 7.10. The maximum atomic E-state index is 12.9. The Bertz CT molecular complexity index is 1020. The van der Waals surface area contributed by atoms with Crippen molar-refractivity contribution in [1.82, 2.24) is 4.98 Å². The molecule has 1 aromatic heterocycles. The van der Waals surface area contributed by atoms with Gasteiger partial charge >= 0.3 is 0 Å². The average molecular weight is 361 g/mol. The first-order valence-corrected chi connectivity index (χ1v) is 8.83. The first-order valence-electron chi connectivity index (χ1n) is 8.83. The summed E-state index contributed by atoms with van der Waals surface area (Å²) in [5.41, 5.74) is 2.73. The van der Waals surface area contributed by atoms with Crippen molar-refractivity contribution in [2.24, 2.45) is 5.41 Å². The summed E-state index contributed by atoms with van der Waals surface area (Å²) in [4.78, 5) is 30.0. The van der Waals surface area contributed by atoms with Crippen LogP contribution in [-0.4, -0.2) is 16.8 Å². The summed E-state index contributed by atoms with van der Waals surface area (Å²) >= 11 is 0. The van der Waals surface area contributed by atoms with Crippen LogP contribution < -0.4 is 10.6 Å². The van der Waals surface area contributed by atoms with E-state index in [1.165, 1.54) is 0 Å². The lowest BCUT2D eigenvalue weighted by molar-refractivity contribution is -0.135. The molecule has 0 aliphatic rings. The van der Waals surface area contributed by atoms with Crippen molar-refractivity contribution in [2.75, 3.05) is 10.6 Å². The molecule has 0 aliphatic carbocycles. The maximum absolute atomic E-state index is 12.9. The molecule has 3 rings (SSSR count). The molecular weight excluding hydrogens is 338 g/mol. The minimum atomic E-state index is -1.26. The van der Waals surface area contributed by atoms with Crippen molar-refractivity contribution >= 4 is 34.1 Å². The Morgan fingerprint density at radius 1 is 0.889 bits per heavy atom. The van der Waals surface area contributed by atoms with Gasteiger partial charge in [0.25, 0.3) is 0 Å². The molecule has 27 heavy (non-hydrogen) atoms. The Morgan fingerprint density at radius 2 is 1.56 bits per heavy atom. The van der Waals surface area contributed by atoms with Crippen molar-refractivity contribution in [1.29, 1.82) is 0 Å². The van der Waals surface area contributed by atoms with Crippen LogP contribution in [0.15, 0.2) is 54.7 Å². The molecule has 2 aromatic carbocycles. The third kappa shape index (κ3) is 3.82. The molecule has 138 valence electrons. The van der Waals surface area contributed by atoms with E-state index >= 15 is 0 Å². The molecule has 2 amide bonds. The Balaban J connectivity index is 1.82. The van der Waals surface area contributed by atoms with E-state index in [0.29, 0.717) is 16.9 Å². The summed E-state index contributed by atoms with van der Waals surface area (Å²) in [5, 5.41) is 6.66. The molecule has 0 saturated carbocycles. The standard InChI is InChI=1S/C22H23N3O2/c1-14-10-11-15(2)18(13-14)25-21(27)22(3,4)20(26)24-17-9-5-7-16-8-6-12-23-19(16)17/h5-13H,1-4H3,(H,24,26)(H,25,27). The van der Waals surface area contributed by atoms with E-state index in [1.54, 1.807) is 26.1 Å². The van der Waals surface area contributed by atoms with Crippen molar-refractivity contribution in [2.45, 2.75) is 27.7 Å². The van der Waals surface area contributed by atoms with Gasteiger partial charge in [-0.25, -0.2) is 0 Å². The van der Waals surface area contributed by atoms with E-state index in [-0.39, 0.29) is 11.8 Å². The number of amides is 2. The fourth-order valence-electron chi connectivity index (χ4n) is 2.74.